The van der Waals surface area contributed by atoms with Gasteiger partial charge < -0.3 is 10.1 Å². The lowest BCUT2D eigenvalue weighted by atomic mass is 10.2. The van der Waals surface area contributed by atoms with Gasteiger partial charge in [0.1, 0.15) is 29.3 Å². The molecule has 3 aromatic rings. The number of aromatic nitrogens is 3. The normalized spacial score (nSPS) is 11.1. The zero-order chi connectivity index (χ0) is 16.2. The molecule has 5 nitrogen and oxygen atoms in total. The second-order valence-corrected chi connectivity index (χ2v) is 5.72. The molecule has 0 unspecified atom stereocenters. The highest BCUT2D eigenvalue weighted by Crippen LogP contribution is 2.28. The lowest BCUT2D eigenvalue weighted by Crippen LogP contribution is -2.08. The van der Waals surface area contributed by atoms with Crippen LogP contribution in [0.25, 0.3) is 10.2 Å². The van der Waals surface area contributed by atoms with Crippen LogP contribution in [0.2, 0.25) is 0 Å². The Bertz CT molecular complexity index is 809. The first-order valence-corrected chi connectivity index (χ1v) is 7.80. The van der Waals surface area contributed by atoms with Crippen molar-refractivity contribution in [3.05, 3.63) is 41.3 Å². The van der Waals surface area contributed by atoms with E-state index in [1.165, 1.54) is 12.5 Å². The number of fused-ring (bicyclic) bond motifs is 1. The van der Waals surface area contributed by atoms with Crippen molar-refractivity contribution < 1.29 is 13.5 Å². The standard InChI is InChI=1S/C15H14F2N4OS/c1-9-7-23-15-13(9)14(20-8-21-15)19-5-10-4-11(2-3-18-10)22-6-12(16)17/h2-4,7-8,12H,5-6H2,1H3,(H,19,20,21). The highest BCUT2D eigenvalue weighted by atomic mass is 32.1. The van der Waals surface area contributed by atoms with Crippen molar-refractivity contribution in [1.29, 1.82) is 0 Å². The van der Waals surface area contributed by atoms with Gasteiger partial charge in [0.05, 0.1) is 17.6 Å². The predicted molar refractivity (Wildman–Crippen MR) is 85.2 cm³/mol. The Morgan fingerprint density at radius 2 is 2.17 bits per heavy atom. The minimum absolute atomic E-state index is 0.372. The van der Waals surface area contributed by atoms with Crippen molar-refractivity contribution >= 4 is 27.4 Å². The van der Waals surface area contributed by atoms with Crippen molar-refractivity contribution in [1.82, 2.24) is 15.0 Å². The third-order valence-corrected chi connectivity index (χ3v) is 4.16. The van der Waals surface area contributed by atoms with Gasteiger partial charge in [0.15, 0.2) is 0 Å². The summed E-state index contributed by atoms with van der Waals surface area (Å²) in [5.74, 6) is 1.10. The minimum Gasteiger partial charge on any atom is -0.488 e. The molecule has 0 aliphatic heterocycles. The molecule has 0 saturated heterocycles. The van der Waals surface area contributed by atoms with Gasteiger partial charge in [-0.3, -0.25) is 4.98 Å². The zero-order valence-electron chi connectivity index (χ0n) is 12.3. The van der Waals surface area contributed by atoms with Crippen LogP contribution in [-0.4, -0.2) is 28.0 Å². The number of nitrogens with zero attached hydrogens (tertiary/aromatic N) is 3. The molecule has 0 atom stereocenters. The Hall–Kier alpha value is -2.35. The highest BCUT2D eigenvalue weighted by molar-refractivity contribution is 7.17. The van der Waals surface area contributed by atoms with E-state index in [2.05, 4.69) is 20.3 Å². The molecule has 8 heteroatoms. The number of hydrogen-bond donors (Lipinski definition) is 1. The van der Waals surface area contributed by atoms with Crippen LogP contribution in [-0.2, 0) is 6.54 Å². The number of rotatable bonds is 6. The van der Waals surface area contributed by atoms with E-state index < -0.39 is 13.0 Å². The maximum atomic E-state index is 12.2. The van der Waals surface area contributed by atoms with Gasteiger partial charge in [0.25, 0.3) is 6.43 Å². The van der Waals surface area contributed by atoms with Gasteiger partial charge in [-0.15, -0.1) is 11.3 Å². The van der Waals surface area contributed by atoms with E-state index in [-0.39, 0.29) is 0 Å². The Balaban J connectivity index is 1.72. The second kappa shape index (κ2) is 6.82. The van der Waals surface area contributed by atoms with E-state index in [9.17, 15) is 8.78 Å². The summed E-state index contributed by atoms with van der Waals surface area (Å²) in [7, 11) is 0. The van der Waals surface area contributed by atoms with Gasteiger partial charge in [0, 0.05) is 12.3 Å². The third-order valence-electron chi connectivity index (χ3n) is 3.16. The van der Waals surface area contributed by atoms with Gasteiger partial charge in [-0.25, -0.2) is 18.7 Å². The SMILES string of the molecule is Cc1csc2ncnc(NCc3cc(OCC(F)F)ccn3)c12. The lowest BCUT2D eigenvalue weighted by molar-refractivity contribution is 0.0818. The van der Waals surface area contributed by atoms with Crippen molar-refractivity contribution in [3.8, 4) is 5.75 Å². The summed E-state index contributed by atoms with van der Waals surface area (Å²) in [4.78, 5) is 13.6. The number of thiophene rings is 1. The molecule has 1 N–H and O–H groups in total. The maximum Gasteiger partial charge on any atom is 0.272 e. The molecule has 0 saturated carbocycles. The second-order valence-electron chi connectivity index (χ2n) is 4.86. The number of ether oxygens (including phenoxy) is 1. The maximum absolute atomic E-state index is 12.2. The van der Waals surface area contributed by atoms with E-state index >= 15 is 0 Å². The van der Waals surface area contributed by atoms with Crippen molar-refractivity contribution in [2.45, 2.75) is 19.9 Å². The predicted octanol–water partition coefficient (Wildman–Crippen LogP) is 3.65. The molecule has 120 valence electrons. The van der Waals surface area contributed by atoms with E-state index in [0.29, 0.717) is 18.0 Å². The number of alkyl halides is 2. The Morgan fingerprint density at radius 3 is 3.00 bits per heavy atom. The summed E-state index contributed by atoms with van der Waals surface area (Å²) in [6.45, 7) is 1.79. The van der Waals surface area contributed by atoms with E-state index in [1.807, 2.05) is 12.3 Å². The fraction of sp³-hybridized carbons (Fsp3) is 0.267. The third kappa shape index (κ3) is 3.70. The smallest absolute Gasteiger partial charge is 0.272 e. The molecule has 23 heavy (non-hydrogen) atoms. The molecule has 3 rings (SSSR count). The molecule has 0 aliphatic rings. The lowest BCUT2D eigenvalue weighted by Gasteiger charge is -2.09. The van der Waals surface area contributed by atoms with Gasteiger partial charge in [-0.1, -0.05) is 0 Å². The van der Waals surface area contributed by atoms with Gasteiger partial charge in [-0.05, 0) is 23.9 Å². The van der Waals surface area contributed by atoms with E-state index in [4.69, 9.17) is 4.74 Å². The van der Waals surface area contributed by atoms with Crippen LogP contribution in [0, 0.1) is 6.92 Å². The number of anilines is 1. The molecule has 0 radical (unpaired) electrons. The number of halogens is 2. The fourth-order valence-corrected chi connectivity index (χ4v) is 3.02. The van der Waals surface area contributed by atoms with Crippen molar-refractivity contribution in [2.75, 3.05) is 11.9 Å². The highest BCUT2D eigenvalue weighted by Gasteiger charge is 2.09. The first kappa shape index (κ1) is 15.5. The average molecular weight is 336 g/mol. The Kier molecular flexibility index (Phi) is 4.61. The van der Waals surface area contributed by atoms with Crippen LogP contribution >= 0.6 is 11.3 Å². The van der Waals surface area contributed by atoms with Crippen LogP contribution in [0.5, 0.6) is 5.75 Å². The largest absolute Gasteiger partial charge is 0.488 e. The average Bonchev–Trinajstić information content (AvgIpc) is 2.93. The Labute approximate surface area is 135 Å². The van der Waals surface area contributed by atoms with Crippen LogP contribution in [0.15, 0.2) is 30.0 Å². The number of nitrogens with one attached hydrogen (secondary N) is 1. The number of hydrogen-bond acceptors (Lipinski definition) is 6. The first-order valence-electron chi connectivity index (χ1n) is 6.92. The summed E-state index contributed by atoms with van der Waals surface area (Å²) in [5.41, 5.74) is 1.78. The summed E-state index contributed by atoms with van der Waals surface area (Å²) >= 11 is 1.56. The van der Waals surface area contributed by atoms with Crippen LogP contribution in [0.4, 0.5) is 14.6 Å². The molecule has 0 spiro atoms. The fourth-order valence-electron chi connectivity index (χ4n) is 2.13. The Morgan fingerprint density at radius 1 is 1.30 bits per heavy atom. The molecule has 3 heterocycles. The van der Waals surface area contributed by atoms with Crippen LogP contribution in [0.1, 0.15) is 11.3 Å². The van der Waals surface area contributed by atoms with E-state index in [1.54, 1.807) is 23.5 Å². The monoisotopic (exact) mass is 336 g/mol. The van der Waals surface area contributed by atoms with Gasteiger partial charge in [-0.2, -0.15) is 0 Å². The van der Waals surface area contributed by atoms with Gasteiger partial charge >= 0.3 is 0 Å². The van der Waals surface area contributed by atoms with Crippen LogP contribution in [0.3, 0.4) is 0 Å². The summed E-state index contributed by atoms with van der Waals surface area (Å²) in [5, 5.41) is 6.23. The van der Waals surface area contributed by atoms with Crippen LogP contribution < -0.4 is 10.1 Å². The molecule has 3 aromatic heterocycles. The summed E-state index contributed by atoms with van der Waals surface area (Å²) < 4.78 is 29.4. The quantitative estimate of drug-likeness (QED) is 0.744. The minimum atomic E-state index is -2.50. The van der Waals surface area contributed by atoms with Crippen molar-refractivity contribution in [3.63, 3.8) is 0 Å². The van der Waals surface area contributed by atoms with Gasteiger partial charge in [0.2, 0.25) is 0 Å². The molecule has 0 bridgehead atoms. The van der Waals surface area contributed by atoms with Crippen molar-refractivity contribution in [2.24, 2.45) is 0 Å². The molecule has 0 fully saturated rings. The molecule has 0 aliphatic carbocycles. The number of pyridine rings is 1. The first-order chi connectivity index (χ1) is 11.1. The molecular formula is C15H14F2N4OS. The molecule has 0 aromatic carbocycles. The summed E-state index contributed by atoms with van der Waals surface area (Å²) in [6, 6.07) is 3.19. The zero-order valence-corrected chi connectivity index (χ0v) is 13.1. The topological polar surface area (TPSA) is 59.9 Å². The summed E-state index contributed by atoms with van der Waals surface area (Å²) in [6.07, 6.45) is 0.542. The van der Waals surface area contributed by atoms with E-state index in [0.717, 1.165) is 21.6 Å². The molecule has 0 amide bonds. The number of aryl methyl sites for hydroxylation is 1. The molecular weight excluding hydrogens is 322 g/mol.